The number of benzene rings is 1. The van der Waals surface area contributed by atoms with E-state index in [-0.39, 0.29) is 5.82 Å². The van der Waals surface area contributed by atoms with E-state index >= 15 is 0 Å². The van der Waals surface area contributed by atoms with Gasteiger partial charge in [-0.25, -0.2) is 4.39 Å². The van der Waals surface area contributed by atoms with Crippen LogP contribution in [0, 0.1) is 12.7 Å². The van der Waals surface area contributed by atoms with Crippen molar-refractivity contribution in [2.75, 3.05) is 11.9 Å². The van der Waals surface area contributed by atoms with Crippen molar-refractivity contribution in [2.45, 2.75) is 13.8 Å². The summed E-state index contributed by atoms with van der Waals surface area (Å²) in [5.41, 5.74) is 1.62. The quantitative estimate of drug-likeness (QED) is 0.920. The van der Waals surface area contributed by atoms with Crippen molar-refractivity contribution >= 4 is 17.4 Å². The molecule has 0 saturated carbocycles. The standard InChI is InChI=1S/C13H13ClFN3/c1-3-16-13-5-4-12(17-18-13)9-7-11(15)8(2)6-10(9)14/h4-7H,3H2,1-2H3,(H,16,18). The Morgan fingerprint density at radius 2 is 2.06 bits per heavy atom. The van der Waals surface area contributed by atoms with Crippen molar-refractivity contribution in [2.24, 2.45) is 0 Å². The molecule has 3 nitrogen and oxygen atoms in total. The molecule has 94 valence electrons. The van der Waals surface area contributed by atoms with Gasteiger partial charge in [0.1, 0.15) is 11.6 Å². The lowest BCUT2D eigenvalue weighted by molar-refractivity contribution is 0.619. The van der Waals surface area contributed by atoms with E-state index in [0.717, 1.165) is 6.54 Å². The molecule has 1 N–H and O–H groups in total. The fourth-order valence-electron chi connectivity index (χ4n) is 1.59. The molecule has 0 aliphatic heterocycles. The van der Waals surface area contributed by atoms with Gasteiger partial charge in [-0.15, -0.1) is 10.2 Å². The van der Waals surface area contributed by atoms with Gasteiger partial charge < -0.3 is 5.32 Å². The molecule has 0 unspecified atom stereocenters. The van der Waals surface area contributed by atoms with Gasteiger partial charge in [-0.3, -0.25) is 0 Å². The Kier molecular flexibility index (Phi) is 3.77. The van der Waals surface area contributed by atoms with Gasteiger partial charge in [0.05, 0.1) is 10.7 Å². The summed E-state index contributed by atoms with van der Waals surface area (Å²) in [4.78, 5) is 0. The third-order valence-electron chi connectivity index (χ3n) is 2.55. The van der Waals surface area contributed by atoms with Gasteiger partial charge in [0.15, 0.2) is 0 Å². The van der Waals surface area contributed by atoms with E-state index in [1.807, 2.05) is 6.92 Å². The molecular formula is C13H13ClFN3. The smallest absolute Gasteiger partial charge is 0.148 e. The molecule has 0 atom stereocenters. The monoisotopic (exact) mass is 265 g/mol. The number of anilines is 1. The molecule has 1 heterocycles. The van der Waals surface area contributed by atoms with Gasteiger partial charge in [-0.05, 0) is 43.7 Å². The summed E-state index contributed by atoms with van der Waals surface area (Å²) >= 11 is 6.09. The van der Waals surface area contributed by atoms with Crippen LogP contribution < -0.4 is 5.32 Å². The molecule has 18 heavy (non-hydrogen) atoms. The fourth-order valence-corrected chi connectivity index (χ4v) is 1.91. The van der Waals surface area contributed by atoms with Crippen LogP contribution >= 0.6 is 11.6 Å². The fraction of sp³-hybridized carbons (Fsp3) is 0.231. The van der Waals surface area contributed by atoms with E-state index in [1.165, 1.54) is 6.07 Å². The summed E-state index contributed by atoms with van der Waals surface area (Å²) in [6.45, 7) is 4.42. The van der Waals surface area contributed by atoms with Gasteiger partial charge in [-0.1, -0.05) is 11.6 Å². The van der Waals surface area contributed by atoms with Gasteiger partial charge in [-0.2, -0.15) is 0 Å². The molecule has 0 aliphatic carbocycles. The van der Waals surface area contributed by atoms with Gasteiger partial charge in [0.2, 0.25) is 0 Å². The van der Waals surface area contributed by atoms with Crippen molar-refractivity contribution < 1.29 is 4.39 Å². The average Bonchev–Trinajstić information content (AvgIpc) is 2.35. The van der Waals surface area contributed by atoms with E-state index in [9.17, 15) is 4.39 Å². The lowest BCUT2D eigenvalue weighted by Gasteiger charge is -2.06. The highest BCUT2D eigenvalue weighted by Gasteiger charge is 2.09. The minimum Gasteiger partial charge on any atom is -0.369 e. The third kappa shape index (κ3) is 2.59. The predicted octanol–water partition coefficient (Wildman–Crippen LogP) is 3.68. The Morgan fingerprint density at radius 1 is 1.28 bits per heavy atom. The van der Waals surface area contributed by atoms with Gasteiger partial charge in [0.25, 0.3) is 0 Å². The summed E-state index contributed by atoms with van der Waals surface area (Å²) in [7, 11) is 0. The molecule has 0 spiro atoms. The Labute approximate surface area is 110 Å². The van der Waals surface area contributed by atoms with Crippen LogP contribution in [0.15, 0.2) is 24.3 Å². The molecule has 0 amide bonds. The first-order valence-corrected chi connectivity index (χ1v) is 6.03. The zero-order chi connectivity index (χ0) is 13.1. The van der Waals surface area contributed by atoms with E-state index in [2.05, 4.69) is 15.5 Å². The maximum Gasteiger partial charge on any atom is 0.148 e. The largest absolute Gasteiger partial charge is 0.369 e. The number of halogens is 2. The van der Waals surface area contributed by atoms with E-state index in [1.54, 1.807) is 25.1 Å². The zero-order valence-corrected chi connectivity index (χ0v) is 10.9. The summed E-state index contributed by atoms with van der Waals surface area (Å²) in [6.07, 6.45) is 0. The van der Waals surface area contributed by atoms with Crippen LogP contribution in [0.1, 0.15) is 12.5 Å². The predicted molar refractivity (Wildman–Crippen MR) is 71.3 cm³/mol. The number of hydrogen-bond donors (Lipinski definition) is 1. The normalized spacial score (nSPS) is 10.4. The molecule has 1 aromatic heterocycles. The number of nitrogens with one attached hydrogen (secondary N) is 1. The number of aromatic nitrogens is 2. The van der Waals surface area contributed by atoms with Crippen molar-refractivity contribution in [3.63, 3.8) is 0 Å². The summed E-state index contributed by atoms with van der Waals surface area (Å²) in [5, 5.41) is 11.5. The molecule has 0 fully saturated rings. The van der Waals surface area contributed by atoms with Crippen molar-refractivity contribution in [1.82, 2.24) is 10.2 Å². The number of aryl methyl sites for hydroxylation is 1. The second-order valence-electron chi connectivity index (χ2n) is 3.92. The highest BCUT2D eigenvalue weighted by molar-refractivity contribution is 6.33. The van der Waals surface area contributed by atoms with Crippen LogP contribution in [0.25, 0.3) is 11.3 Å². The molecule has 1 aromatic carbocycles. The molecule has 0 aliphatic rings. The minimum atomic E-state index is -0.299. The maximum absolute atomic E-state index is 13.5. The molecule has 0 radical (unpaired) electrons. The first-order chi connectivity index (χ1) is 8.61. The lowest BCUT2D eigenvalue weighted by Crippen LogP contribution is -2.00. The van der Waals surface area contributed by atoms with Crippen LogP contribution in [0.3, 0.4) is 0 Å². The molecule has 0 saturated heterocycles. The Bertz CT molecular complexity index is 555. The number of rotatable bonds is 3. The average molecular weight is 266 g/mol. The molecular weight excluding hydrogens is 253 g/mol. The summed E-state index contributed by atoms with van der Waals surface area (Å²) in [5.74, 6) is 0.386. The van der Waals surface area contributed by atoms with Crippen molar-refractivity contribution in [3.05, 3.63) is 40.7 Å². The first kappa shape index (κ1) is 12.8. The van der Waals surface area contributed by atoms with Crippen LogP contribution in [0.5, 0.6) is 0 Å². The minimum absolute atomic E-state index is 0.299. The number of nitrogens with zero attached hydrogens (tertiary/aromatic N) is 2. The Balaban J connectivity index is 2.39. The highest BCUT2D eigenvalue weighted by Crippen LogP contribution is 2.28. The van der Waals surface area contributed by atoms with Crippen LogP contribution in [-0.4, -0.2) is 16.7 Å². The van der Waals surface area contributed by atoms with Crippen molar-refractivity contribution in [3.8, 4) is 11.3 Å². The lowest BCUT2D eigenvalue weighted by atomic mass is 10.1. The van der Waals surface area contributed by atoms with E-state index in [4.69, 9.17) is 11.6 Å². The van der Waals surface area contributed by atoms with Gasteiger partial charge in [0, 0.05) is 12.1 Å². The second-order valence-corrected chi connectivity index (χ2v) is 4.32. The SMILES string of the molecule is CCNc1ccc(-c2cc(F)c(C)cc2Cl)nn1. The Hall–Kier alpha value is -1.68. The molecule has 5 heteroatoms. The van der Waals surface area contributed by atoms with E-state index in [0.29, 0.717) is 27.7 Å². The molecule has 2 rings (SSSR count). The van der Waals surface area contributed by atoms with Gasteiger partial charge >= 0.3 is 0 Å². The Morgan fingerprint density at radius 3 is 2.67 bits per heavy atom. The molecule has 2 aromatic rings. The van der Waals surface area contributed by atoms with E-state index < -0.39 is 0 Å². The summed E-state index contributed by atoms with van der Waals surface area (Å²) in [6, 6.07) is 6.53. The summed E-state index contributed by atoms with van der Waals surface area (Å²) < 4.78 is 13.5. The third-order valence-corrected chi connectivity index (χ3v) is 2.86. The van der Waals surface area contributed by atoms with Crippen LogP contribution in [-0.2, 0) is 0 Å². The topological polar surface area (TPSA) is 37.8 Å². The molecule has 0 bridgehead atoms. The van der Waals surface area contributed by atoms with Crippen LogP contribution in [0.4, 0.5) is 10.2 Å². The maximum atomic E-state index is 13.5. The second kappa shape index (κ2) is 5.31. The van der Waals surface area contributed by atoms with Crippen molar-refractivity contribution in [1.29, 1.82) is 0 Å². The zero-order valence-electron chi connectivity index (χ0n) is 10.2. The number of hydrogen-bond acceptors (Lipinski definition) is 3. The highest BCUT2D eigenvalue weighted by atomic mass is 35.5. The van der Waals surface area contributed by atoms with Crippen LogP contribution in [0.2, 0.25) is 5.02 Å². The first-order valence-electron chi connectivity index (χ1n) is 5.65.